The maximum Gasteiger partial charge on any atom is 0.293 e. The molecule has 8 nitrogen and oxygen atoms in total. The molecule has 0 atom stereocenters. The Labute approximate surface area is 183 Å². The number of fused-ring (bicyclic) bond motifs is 1. The molecule has 0 bridgehead atoms. The van der Waals surface area contributed by atoms with Crippen LogP contribution >= 0.6 is 11.8 Å². The van der Waals surface area contributed by atoms with Crippen LogP contribution in [0.1, 0.15) is 22.8 Å². The van der Waals surface area contributed by atoms with Crippen LogP contribution in [-0.4, -0.2) is 48.4 Å². The summed E-state index contributed by atoms with van der Waals surface area (Å²) in [5.41, 5.74) is 1.21. The molecule has 2 aliphatic heterocycles. The predicted octanol–water partition coefficient (Wildman–Crippen LogP) is 3.28. The molecule has 9 heteroatoms. The van der Waals surface area contributed by atoms with Crippen molar-refractivity contribution < 1.29 is 28.6 Å². The minimum absolute atomic E-state index is 0.0892. The molecule has 2 aromatic carbocycles. The Morgan fingerprint density at radius 3 is 2.71 bits per heavy atom. The number of rotatable bonds is 7. The van der Waals surface area contributed by atoms with Gasteiger partial charge in [-0.3, -0.25) is 19.3 Å². The van der Waals surface area contributed by atoms with E-state index in [9.17, 15) is 14.4 Å². The van der Waals surface area contributed by atoms with Crippen LogP contribution < -0.4 is 19.5 Å². The fourth-order valence-corrected chi connectivity index (χ4v) is 3.96. The Bertz CT molecular complexity index is 1050. The van der Waals surface area contributed by atoms with E-state index in [4.69, 9.17) is 14.2 Å². The van der Waals surface area contributed by atoms with Gasteiger partial charge in [0.2, 0.25) is 6.79 Å². The molecule has 1 N–H and O–H groups in total. The van der Waals surface area contributed by atoms with Gasteiger partial charge in [-0.1, -0.05) is 6.07 Å². The maximum atomic E-state index is 12.6. The van der Waals surface area contributed by atoms with E-state index in [0.29, 0.717) is 34.3 Å². The molecule has 2 aliphatic rings. The van der Waals surface area contributed by atoms with Crippen LogP contribution in [0.3, 0.4) is 0 Å². The average Bonchev–Trinajstić information content (AvgIpc) is 3.33. The summed E-state index contributed by atoms with van der Waals surface area (Å²) in [6, 6.07) is 12.1. The summed E-state index contributed by atoms with van der Waals surface area (Å²) in [6.45, 7) is 2.84. The summed E-state index contributed by atoms with van der Waals surface area (Å²) < 4.78 is 16.0. The highest BCUT2D eigenvalue weighted by Crippen LogP contribution is 2.36. The number of thioether (sulfide) groups is 1. The van der Waals surface area contributed by atoms with Crippen LogP contribution in [0.15, 0.2) is 47.4 Å². The summed E-state index contributed by atoms with van der Waals surface area (Å²) in [6.07, 6.45) is 1.64. The monoisotopic (exact) mass is 440 g/mol. The number of hydrogen-bond donors (Lipinski definition) is 1. The first-order valence-electron chi connectivity index (χ1n) is 9.71. The van der Waals surface area contributed by atoms with Gasteiger partial charge in [0.25, 0.3) is 17.1 Å². The molecule has 160 valence electrons. The molecule has 0 radical (unpaired) electrons. The van der Waals surface area contributed by atoms with Gasteiger partial charge >= 0.3 is 0 Å². The first-order valence-corrected chi connectivity index (χ1v) is 10.5. The summed E-state index contributed by atoms with van der Waals surface area (Å²) in [4.78, 5) is 38.6. The zero-order valence-corrected chi connectivity index (χ0v) is 17.6. The fourth-order valence-electron chi connectivity index (χ4n) is 3.10. The van der Waals surface area contributed by atoms with Gasteiger partial charge in [0, 0.05) is 18.7 Å². The normalized spacial score (nSPS) is 16.2. The molecule has 2 heterocycles. The van der Waals surface area contributed by atoms with Gasteiger partial charge in [0.1, 0.15) is 5.75 Å². The third-order valence-electron chi connectivity index (χ3n) is 4.62. The van der Waals surface area contributed by atoms with Crippen molar-refractivity contribution in [3.05, 3.63) is 58.5 Å². The number of nitrogens with zero attached hydrogens (tertiary/aromatic N) is 1. The molecule has 0 unspecified atom stereocenters. The molecule has 3 amide bonds. The smallest absolute Gasteiger partial charge is 0.293 e. The maximum absolute atomic E-state index is 12.6. The van der Waals surface area contributed by atoms with Crippen molar-refractivity contribution in [2.75, 3.05) is 26.5 Å². The number of nitrogens with one attached hydrogen (secondary N) is 1. The second-order valence-electron chi connectivity index (χ2n) is 6.66. The number of hydrogen-bond acceptors (Lipinski definition) is 7. The van der Waals surface area contributed by atoms with E-state index in [1.807, 2.05) is 6.92 Å². The fraction of sp³-hybridized carbons (Fsp3) is 0.227. The molecule has 0 aliphatic carbocycles. The number of ether oxygens (including phenoxy) is 3. The quantitative estimate of drug-likeness (QED) is 0.661. The molecule has 31 heavy (non-hydrogen) atoms. The summed E-state index contributed by atoms with van der Waals surface area (Å²) >= 11 is 0.871. The number of carbonyl (C=O) groups excluding carboxylic acids is 3. The van der Waals surface area contributed by atoms with Crippen molar-refractivity contribution in [3.8, 4) is 17.2 Å². The number of amides is 3. The van der Waals surface area contributed by atoms with Crippen LogP contribution in [0, 0.1) is 0 Å². The van der Waals surface area contributed by atoms with E-state index in [0.717, 1.165) is 22.2 Å². The van der Waals surface area contributed by atoms with Crippen molar-refractivity contribution in [2.24, 2.45) is 0 Å². The Morgan fingerprint density at radius 2 is 1.94 bits per heavy atom. The van der Waals surface area contributed by atoms with E-state index >= 15 is 0 Å². The SMILES string of the molecule is CCOc1ccc(C(=O)NCCN2C(=O)S/C(=C\c3ccc4c(c3)OCO4)C2=O)cc1. The lowest BCUT2D eigenvalue weighted by molar-refractivity contribution is -0.122. The number of benzene rings is 2. The molecule has 4 rings (SSSR count). The lowest BCUT2D eigenvalue weighted by atomic mass is 10.2. The van der Waals surface area contributed by atoms with Crippen molar-refractivity contribution in [3.63, 3.8) is 0 Å². The predicted molar refractivity (Wildman–Crippen MR) is 115 cm³/mol. The third-order valence-corrected chi connectivity index (χ3v) is 5.52. The van der Waals surface area contributed by atoms with Gasteiger partial charge in [-0.05, 0) is 66.7 Å². The van der Waals surface area contributed by atoms with Gasteiger partial charge in [-0.15, -0.1) is 0 Å². The third kappa shape index (κ3) is 4.66. The van der Waals surface area contributed by atoms with E-state index in [2.05, 4.69) is 5.32 Å². The highest BCUT2D eigenvalue weighted by atomic mass is 32.2. The van der Waals surface area contributed by atoms with Crippen LogP contribution in [0.5, 0.6) is 17.2 Å². The Morgan fingerprint density at radius 1 is 1.16 bits per heavy atom. The zero-order valence-electron chi connectivity index (χ0n) is 16.8. The molecule has 1 fully saturated rings. The zero-order chi connectivity index (χ0) is 21.8. The summed E-state index contributed by atoms with van der Waals surface area (Å²) in [7, 11) is 0. The average molecular weight is 440 g/mol. The summed E-state index contributed by atoms with van der Waals surface area (Å²) in [5, 5.41) is 2.36. The summed E-state index contributed by atoms with van der Waals surface area (Å²) in [5.74, 6) is 1.26. The van der Waals surface area contributed by atoms with E-state index in [1.165, 1.54) is 0 Å². The standard InChI is InChI=1S/C22H20N2O6S/c1-2-28-16-6-4-15(5-7-16)20(25)23-9-10-24-21(26)19(31-22(24)27)12-14-3-8-17-18(11-14)30-13-29-17/h3-8,11-12H,2,9-10,13H2,1H3,(H,23,25)/b19-12-. The Hall–Kier alpha value is -3.46. The lowest BCUT2D eigenvalue weighted by Gasteiger charge is -2.13. The van der Waals surface area contributed by atoms with Crippen molar-refractivity contribution >= 4 is 34.9 Å². The van der Waals surface area contributed by atoms with Crippen molar-refractivity contribution in [2.45, 2.75) is 6.92 Å². The number of carbonyl (C=O) groups is 3. The van der Waals surface area contributed by atoms with Crippen LogP contribution in [0.2, 0.25) is 0 Å². The van der Waals surface area contributed by atoms with Crippen LogP contribution in [0.25, 0.3) is 6.08 Å². The topological polar surface area (TPSA) is 94.2 Å². The highest BCUT2D eigenvalue weighted by molar-refractivity contribution is 8.18. The van der Waals surface area contributed by atoms with Gasteiger partial charge in [0.05, 0.1) is 11.5 Å². The molecule has 0 aromatic heterocycles. The molecular weight excluding hydrogens is 420 g/mol. The van der Waals surface area contributed by atoms with E-state index in [-0.39, 0.29) is 36.9 Å². The number of imide groups is 1. The first kappa shape index (κ1) is 20.8. The molecule has 0 spiro atoms. The van der Waals surface area contributed by atoms with Crippen molar-refractivity contribution in [1.82, 2.24) is 10.2 Å². The Balaban J connectivity index is 1.33. The molecule has 0 saturated carbocycles. The minimum Gasteiger partial charge on any atom is -0.494 e. The van der Waals surface area contributed by atoms with Crippen LogP contribution in [0.4, 0.5) is 4.79 Å². The van der Waals surface area contributed by atoms with Gasteiger partial charge in [-0.2, -0.15) is 0 Å². The van der Waals surface area contributed by atoms with Gasteiger partial charge in [-0.25, -0.2) is 0 Å². The highest BCUT2D eigenvalue weighted by Gasteiger charge is 2.34. The van der Waals surface area contributed by atoms with E-state index < -0.39 is 0 Å². The minimum atomic E-state index is -0.386. The second kappa shape index (κ2) is 9.13. The van der Waals surface area contributed by atoms with E-state index in [1.54, 1.807) is 48.5 Å². The Kier molecular flexibility index (Phi) is 6.13. The molecule has 2 aromatic rings. The molecule has 1 saturated heterocycles. The second-order valence-corrected chi connectivity index (χ2v) is 7.65. The lowest BCUT2D eigenvalue weighted by Crippen LogP contribution is -2.37. The van der Waals surface area contributed by atoms with Crippen molar-refractivity contribution in [1.29, 1.82) is 0 Å². The largest absolute Gasteiger partial charge is 0.494 e. The first-order chi connectivity index (χ1) is 15.0. The van der Waals surface area contributed by atoms with Gasteiger partial charge in [0.15, 0.2) is 11.5 Å². The van der Waals surface area contributed by atoms with Gasteiger partial charge < -0.3 is 19.5 Å². The van der Waals surface area contributed by atoms with Crippen LogP contribution in [-0.2, 0) is 4.79 Å². The molecular formula is C22H20N2O6S.